The van der Waals surface area contributed by atoms with E-state index < -0.39 is 0 Å². The summed E-state index contributed by atoms with van der Waals surface area (Å²) in [4.78, 5) is 12.1. The molecule has 0 saturated carbocycles. The van der Waals surface area contributed by atoms with Gasteiger partial charge in [-0.05, 0) is 49.4 Å². The number of nitrogens with zero attached hydrogens (tertiary/aromatic N) is 2. The number of aromatic nitrogens is 2. The Morgan fingerprint density at radius 1 is 1.38 bits per heavy atom. The van der Waals surface area contributed by atoms with Gasteiger partial charge in [0.1, 0.15) is 5.75 Å². The van der Waals surface area contributed by atoms with Crippen molar-refractivity contribution in [2.75, 3.05) is 19.0 Å². The number of urea groups is 1. The molecule has 1 aliphatic carbocycles. The van der Waals surface area contributed by atoms with Gasteiger partial charge in [0.25, 0.3) is 0 Å². The highest BCUT2D eigenvalue weighted by atomic mass is 35.5. The highest BCUT2D eigenvalue weighted by Crippen LogP contribution is 2.27. The minimum atomic E-state index is -0.295. The summed E-state index contributed by atoms with van der Waals surface area (Å²) in [6.07, 6.45) is 6.58. The van der Waals surface area contributed by atoms with Gasteiger partial charge in [-0.3, -0.25) is 4.68 Å². The zero-order chi connectivity index (χ0) is 16.9. The summed E-state index contributed by atoms with van der Waals surface area (Å²) in [5, 5.41) is 10.6. The van der Waals surface area contributed by atoms with Gasteiger partial charge in [0.15, 0.2) is 0 Å². The zero-order valence-corrected chi connectivity index (χ0v) is 14.4. The second-order valence-corrected chi connectivity index (χ2v) is 6.21. The SMILES string of the molecule is COc1ccc(Cl)cc1NC(=O)NCCn1ncc2c1CCCC2. The van der Waals surface area contributed by atoms with Crippen molar-refractivity contribution in [2.24, 2.45) is 0 Å². The Morgan fingerprint density at radius 2 is 2.21 bits per heavy atom. The van der Waals surface area contributed by atoms with Gasteiger partial charge in [-0.2, -0.15) is 5.10 Å². The standard InChI is InChI=1S/C17H21ClN4O2/c1-24-16-7-6-13(18)10-14(16)21-17(23)19-8-9-22-15-5-3-2-4-12(15)11-20-22/h6-7,10-11H,2-5,8-9H2,1H3,(H2,19,21,23). The number of anilines is 1. The number of carbonyl (C=O) groups excluding carboxylic acids is 1. The fourth-order valence-electron chi connectivity index (χ4n) is 2.97. The first-order chi connectivity index (χ1) is 11.7. The van der Waals surface area contributed by atoms with Crippen molar-refractivity contribution >= 4 is 23.3 Å². The molecule has 0 saturated heterocycles. The predicted octanol–water partition coefficient (Wildman–Crippen LogP) is 3.25. The largest absolute Gasteiger partial charge is 0.495 e. The van der Waals surface area contributed by atoms with E-state index in [-0.39, 0.29) is 6.03 Å². The van der Waals surface area contributed by atoms with E-state index in [9.17, 15) is 4.79 Å². The topological polar surface area (TPSA) is 68.2 Å². The Kier molecular flexibility index (Phi) is 5.25. The minimum absolute atomic E-state index is 0.295. The average molecular weight is 349 g/mol. The number of carbonyl (C=O) groups is 1. The lowest BCUT2D eigenvalue weighted by Crippen LogP contribution is -2.32. The van der Waals surface area contributed by atoms with E-state index in [1.54, 1.807) is 25.3 Å². The molecule has 1 aliphatic rings. The van der Waals surface area contributed by atoms with E-state index in [1.807, 2.05) is 10.9 Å². The monoisotopic (exact) mass is 348 g/mol. The summed E-state index contributed by atoms with van der Waals surface area (Å²) < 4.78 is 7.21. The summed E-state index contributed by atoms with van der Waals surface area (Å²) in [5.41, 5.74) is 3.19. The van der Waals surface area contributed by atoms with Gasteiger partial charge < -0.3 is 15.4 Å². The van der Waals surface area contributed by atoms with E-state index in [4.69, 9.17) is 16.3 Å². The van der Waals surface area contributed by atoms with Crippen LogP contribution in [0.4, 0.5) is 10.5 Å². The highest BCUT2D eigenvalue weighted by molar-refractivity contribution is 6.31. The Balaban J connectivity index is 1.53. The lowest BCUT2D eigenvalue weighted by molar-refractivity contribution is 0.251. The molecule has 0 radical (unpaired) electrons. The van der Waals surface area contributed by atoms with Crippen molar-refractivity contribution < 1.29 is 9.53 Å². The molecule has 1 heterocycles. The number of amides is 2. The first-order valence-corrected chi connectivity index (χ1v) is 8.47. The molecule has 1 aromatic heterocycles. The van der Waals surface area contributed by atoms with E-state index in [1.165, 1.54) is 24.1 Å². The third kappa shape index (κ3) is 3.82. The second kappa shape index (κ2) is 7.57. The Bertz CT molecular complexity index is 729. The number of aryl methyl sites for hydroxylation is 1. The van der Waals surface area contributed by atoms with Crippen LogP contribution in [0.3, 0.4) is 0 Å². The number of hydrogen-bond donors (Lipinski definition) is 2. The van der Waals surface area contributed by atoms with Crippen LogP contribution in [0.15, 0.2) is 24.4 Å². The Labute approximate surface area is 146 Å². The summed E-state index contributed by atoms with van der Waals surface area (Å²) in [5.74, 6) is 0.565. The quantitative estimate of drug-likeness (QED) is 0.871. The predicted molar refractivity (Wildman–Crippen MR) is 93.9 cm³/mol. The van der Waals surface area contributed by atoms with Crippen molar-refractivity contribution in [1.82, 2.24) is 15.1 Å². The van der Waals surface area contributed by atoms with Crippen LogP contribution in [0.1, 0.15) is 24.1 Å². The van der Waals surface area contributed by atoms with Crippen LogP contribution >= 0.6 is 11.6 Å². The molecule has 1 aromatic carbocycles. The minimum Gasteiger partial charge on any atom is -0.495 e. The van der Waals surface area contributed by atoms with E-state index >= 15 is 0 Å². The van der Waals surface area contributed by atoms with Crippen molar-refractivity contribution in [1.29, 1.82) is 0 Å². The summed E-state index contributed by atoms with van der Waals surface area (Å²) in [6.45, 7) is 1.16. The lowest BCUT2D eigenvalue weighted by atomic mass is 9.98. The zero-order valence-electron chi connectivity index (χ0n) is 13.6. The fourth-order valence-corrected chi connectivity index (χ4v) is 3.14. The molecule has 0 fully saturated rings. The van der Waals surface area contributed by atoms with Crippen molar-refractivity contribution in [3.63, 3.8) is 0 Å². The third-order valence-electron chi connectivity index (χ3n) is 4.16. The molecule has 3 rings (SSSR count). The fraction of sp³-hybridized carbons (Fsp3) is 0.412. The smallest absolute Gasteiger partial charge is 0.319 e. The highest BCUT2D eigenvalue weighted by Gasteiger charge is 2.15. The lowest BCUT2D eigenvalue weighted by Gasteiger charge is -2.14. The van der Waals surface area contributed by atoms with Gasteiger partial charge >= 0.3 is 6.03 Å². The number of nitrogens with one attached hydrogen (secondary N) is 2. The van der Waals surface area contributed by atoms with Gasteiger partial charge in [-0.15, -0.1) is 0 Å². The van der Waals surface area contributed by atoms with Crippen LogP contribution in [-0.4, -0.2) is 29.5 Å². The molecule has 2 aromatic rings. The number of rotatable bonds is 5. The van der Waals surface area contributed by atoms with Crippen LogP contribution < -0.4 is 15.4 Å². The third-order valence-corrected chi connectivity index (χ3v) is 4.40. The van der Waals surface area contributed by atoms with Crippen LogP contribution in [0, 0.1) is 0 Å². The van der Waals surface area contributed by atoms with Gasteiger partial charge in [0.05, 0.1) is 25.5 Å². The van der Waals surface area contributed by atoms with Crippen LogP contribution in [-0.2, 0) is 19.4 Å². The average Bonchev–Trinajstić information content (AvgIpc) is 2.98. The van der Waals surface area contributed by atoms with Gasteiger partial charge in [-0.25, -0.2) is 4.79 Å². The van der Waals surface area contributed by atoms with Crippen molar-refractivity contribution in [2.45, 2.75) is 32.2 Å². The molecule has 0 spiro atoms. The summed E-state index contributed by atoms with van der Waals surface area (Å²) in [7, 11) is 1.55. The maximum Gasteiger partial charge on any atom is 0.319 e. The van der Waals surface area contributed by atoms with Crippen LogP contribution in [0.5, 0.6) is 5.75 Å². The normalized spacial score (nSPS) is 13.2. The molecule has 0 aliphatic heterocycles. The number of benzene rings is 1. The van der Waals surface area contributed by atoms with Crippen molar-refractivity contribution in [3.05, 3.63) is 40.7 Å². The number of ether oxygens (including phenoxy) is 1. The van der Waals surface area contributed by atoms with Crippen LogP contribution in [0.25, 0.3) is 0 Å². The maximum atomic E-state index is 12.1. The van der Waals surface area contributed by atoms with Crippen LogP contribution in [0.2, 0.25) is 5.02 Å². The van der Waals surface area contributed by atoms with Gasteiger partial charge in [0.2, 0.25) is 0 Å². The molecule has 24 heavy (non-hydrogen) atoms. The number of fused-ring (bicyclic) bond motifs is 1. The summed E-state index contributed by atoms with van der Waals surface area (Å²) >= 11 is 5.96. The summed E-state index contributed by atoms with van der Waals surface area (Å²) in [6, 6.07) is 4.79. The molecule has 0 unspecified atom stereocenters. The van der Waals surface area contributed by atoms with Crippen molar-refractivity contribution in [3.8, 4) is 5.75 Å². The number of halogens is 1. The molecular weight excluding hydrogens is 328 g/mol. The Morgan fingerprint density at radius 3 is 3.04 bits per heavy atom. The number of hydrogen-bond acceptors (Lipinski definition) is 3. The second-order valence-electron chi connectivity index (χ2n) is 5.77. The van der Waals surface area contributed by atoms with E-state index in [2.05, 4.69) is 15.7 Å². The molecule has 2 N–H and O–H groups in total. The van der Waals surface area contributed by atoms with Gasteiger partial charge in [-0.1, -0.05) is 11.6 Å². The van der Waals surface area contributed by atoms with Gasteiger partial charge in [0, 0.05) is 17.3 Å². The van der Waals surface area contributed by atoms with E-state index in [0.717, 1.165) is 12.8 Å². The molecular formula is C17H21ClN4O2. The molecule has 7 heteroatoms. The number of methoxy groups -OCH3 is 1. The molecule has 0 atom stereocenters. The first-order valence-electron chi connectivity index (χ1n) is 8.09. The first kappa shape index (κ1) is 16.6. The molecule has 2 amide bonds. The Hall–Kier alpha value is -2.21. The van der Waals surface area contributed by atoms with E-state index in [0.29, 0.717) is 29.5 Å². The molecule has 128 valence electrons. The molecule has 0 bridgehead atoms. The maximum absolute atomic E-state index is 12.1. The molecule has 6 nitrogen and oxygen atoms in total.